The molecule has 6 nitrogen and oxygen atoms in total. The number of anilines is 1. The molecule has 0 saturated heterocycles. The van der Waals surface area contributed by atoms with E-state index in [1.165, 1.54) is 13.0 Å². The maximum atomic E-state index is 13.3. The van der Waals surface area contributed by atoms with Crippen LogP contribution in [0.4, 0.5) is 18.3 Å². The number of alkyl halides is 3. The first-order chi connectivity index (χ1) is 17.0. The molecule has 2 N–H and O–H groups in total. The number of aryl methyl sites for hydroxylation is 1. The van der Waals surface area contributed by atoms with Crippen LogP contribution in [0.25, 0.3) is 0 Å². The molecule has 1 aliphatic heterocycles. The van der Waals surface area contributed by atoms with Gasteiger partial charge in [0.25, 0.3) is 5.91 Å². The maximum absolute atomic E-state index is 13.3. The molecule has 0 saturated carbocycles. The number of thiazole rings is 1. The van der Waals surface area contributed by atoms with E-state index in [1.807, 2.05) is 31.2 Å². The zero-order valence-electron chi connectivity index (χ0n) is 20.2. The zero-order valence-corrected chi connectivity index (χ0v) is 21.0. The highest BCUT2D eigenvalue weighted by molar-refractivity contribution is 7.17. The van der Waals surface area contributed by atoms with Gasteiger partial charge in [-0.3, -0.25) is 14.5 Å². The topological polar surface area (TPSA) is 74.3 Å². The summed E-state index contributed by atoms with van der Waals surface area (Å²) in [7, 11) is 0. The molecule has 0 spiro atoms. The third kappa shape index (κ3) is 5.93. The SMILES string of the molecule is CC(=O)Nc1nc(C)c(C(=O)N[C@@H](C)c2ccc(CN3CCc4c(cccc4C(F)(F)F)C3)cc2)s1. The van der Waals surface area contributed by atoms with Crippen LogP contribution >= 0.6 is 11.3 Å². The lowest BCUT2D eigenvalue weighted by molar-refractivity contribution is -0.138. The van der Waals surface area contributed by atoms with Crippen LogP contribution in [0.3, 0.4) is 0 Å². The number of nitrogens with one attached hydrogen (secondary N) is 2. The number of halogens is 3. The quantitative estimate of drug-likeness (QED) is 0.455. The van der Waals surface area contributed by atoms with Gasteiger partial charge in [-0.1, -0.05) is 47.7 Å². The Morgan fingerprint density at radius 1 is 1.17 bits per heavy atom. The molecule has 1 aliphatic rings. The molecule has 2 heterocycles. The number of carbonyl (C=O) groups is 2. The van der Waals surface area contributed by atoms with Crippen LogP contribution in [0, 0.1) is 6.92 Å². The average Bonchev–Trinajstić information content (AvgIpc) is 3.17. The van der Waals surface area contributed by atoms with E-state index in [-0.39, 0.29) is 17.9 Å². The highest BCUT2D eigenvalue weighted by Gasteiger charge is 2.35. The van der Waals surface area contributed by atoms with Crippen molar-refractivity contribution in [3.05, 3.63) is 80.9 Å². The molecule has 2 aromatic carbocycles. The number of benzene rings is 2. The predicted octanol–water partition coefficient (Wildman–Crippen LogP) is 5.48. The minimum absolute atomic E-state index is 0.246. The Labute approximate surface area is 211 Å². The van der Waals surface area contributed by atoms with Crippen molar-refractivity contribution in [2.75, 3.05) is 11.9 Å². The molecule has 0 unspecified atom stereocenters. The van der Waals surface area contributed by atoms with Crippen LogP contribution < -0.4 is 10.6 Å². The molecule has 10 heteroatoms. The third-order valence-electron chi connectivity index (χ3n) is 6.17. The summed E-state index contributed by atoms with van der Waals surface area (Å²) in [6, 6.07) is 12.0. The molecule has 1 atom stereocenters. The Morgan fingerprint density at radius 2 is 1.89 bits per heavy atom. The number of fused-ring (bicyclic) bond motifs is 1. The van der Waals surface area contributed by atoms with E-state index in [0.717, 1.165) is 34.1 Å². The molecule has 36 heavy (non-hydrogen) atoms. The summed E-state index contributed by atoms with van der Waals surface area (Å²) in [5.74, 6) is -0.507. The Morgan fingerprint density at radius 3 is 2.56 bits per heavy atom. The Hall–Kier alpha value is -3.24. The second kappa shape index (κ2) is 10.4. The van der Waals surface area contributed by atoms with Gasteiger partial charge in [-0.15, -0.1) is 0 Å². The van der Waals surface area contributed by atoms with Gasteiger partial charge in [0.15, 0.2) is 5.13 Å². The van der Waals surface area contributed by atoms with Crippen LogP contribution in [0.5, 0.6) is 0 Å². The van der Waals surface area contributed by atoms with Gasteiger partial charge >= 0.3 is 6.18 Å². The van der Waals surface area contributed by atoms with E-state index in [2.05, 4.69) is 20.5 Å². The number of rotatable bonds is 6. The van der Waals surface area contributed by atoms with Crippen molar-refractivity contribution >= 4 is 28.3 Å². The van der Waals surface area contributed by atoms with Gasteiger partial charge in [0.2, 0.25) is 5.91 Å². The third-order valence-corrected chi connectivity index (χ3v) is 7.24. The molecule has 3 aromatic rings. The molecule has 4 rings (SSSR count). The van der Waals surface area contributed by atoms with E-state index in [4.69, 9.17) is 0 Å². The first-order valence-electron chi connectivity index (χ1n) is 11.6. The van der Waals surface area contributed by atoms with Gasteiger partial charge in [0.05, 0.1) is 17.3 Å². The highest BCUT2D eigenvalue weighted by Crippen LogP contribution is 2.35. The van der Waals surface area contributed by atoms with E-state index >= 15 is 0 Å². The molecular weight excluding hydrogens is 489 g/mol. The zero-order chi connectivity index (χ0) is 26.0. The van der Waals surface area contributed by atoms with Gasteiger partial charge in [0.1, 0.15) is 4.88 Å². The van der Waals surface area contributed by atoms with Crippen molar-refractivity contribution < 1.29 is 22.8 Å². The van der Waals surface area contributed by atoms with Gasteiger partial charge in [-0.05, 0) is 48.6 Å². The second-order valence-corrected chi connectivity index (χ2v) is 9.95. The standard InChI is InChI=1S/C26H27F3N4O2S/c1-15(30-24(35)23-16(2)31-25(36-23)32-17(3)34)19-9-7-18(8-10-19)13-33-12-11-21-20(14-33)5-4-6-22(21)26(27,28)29/h4-10,15H,11-14H2,1-3H3,(H,30,35)(H,31,32,34)/t15-/m0/s1. The molecule has 190 valence electrons. The molecule has 0 aliphatic carbocycles. The van der Waals surface area contributed by atoms with E-state index < -0.39 is 11.7 Å². The maximum Gasteiger partial charge on any atom is 0.416 e. The number of carbonyl (C=O) groups excluding carboxylic acids is 2. The number of hydrogen-bond acceptors (Lipinski definition) is 5. The van der Waals surface area contributed by atoms with Crippen LogP contribution in [0.15, 0.2) is 42.5 Å². The minimum atomic E-state index is -4.33. The monoisotopic (exact) mass is 516 g/mol. The summed E-state index contributed by atoms with van der Waals surface area (Å²) in [4.78, 5) is 30.8. The normalized spacial score (nSPS) is 14.7. The Balaban J connectivity index is 1.37. The number of nitrogens with zero attached hydrogens (tertiary/aromatic N) is 2. The van der Waals surface area contributed by atoms with Crippen LogP contribution in [-0.2, 0) is 30.5 Å². The van der Waals surface area contributed by atoms with Crippen LogP contribution in [-0.4, -0.2) is 28.2 Å². The second-order valence-electron chi connectivity index (χ2n) is 8.95. The van der Waals surface area contributed by atoms with Gasteiger partial charge in [-0.2, -0.15) is 13.2 Å². The van der Waals surface area contributed by atoms with E-state index in [0.29, 0.717) is 47.3 Å². The number of amides is 2. The smallest absolute Gasteiger partial charge is 0.345 e. The molecule has 1 aromatic heterocycles. The summed E-state index contributed by atoms with van der Waals surface area (Å²) in [5, 5.41) is 5.95. The lowest BCUT2D eigenvalue weighted by atomic mass is 9.94. The van der Waals surface area contributed by atoms with E-state index in [9.17, 15) is 22.8 Å². The van der Waals surface area contributed by atoms with Crippen molar-refractivity contribution in [2.24, 2.45) is 0 Å². The summed E-state index contributed by atoms with van der Waals surface area (Å²) in [6.07, 6.45) is -3.96. The first kappa shape index (κ1) is 25.8. The van der Waals surface area contributed by atoms with Gasteiger partial charge in [0, 0.05) is 26.6 Å². The predicted molar refractivity (Wildman–Crippen MR) is 133 cm³/mol. The fourth-order valence-corrected chi connectivity index (χ4v) is 5.31. The van der Waals surface area contributed by atoms with E-state index in [1.54, 1.807) is 13.0 Å². The highest BCUT2D eigenvalue weighted by atomic mass is 32.1. The lowest BCUT2D eigenvalue weighted by Gasteiger charge is -2.30. The summed E-state index contributed by atoms with van der Waals surface area (Å²) in [5.41, 5.74) is 3.13. The van der Waals surface area contributed by atoms with Gasteiger partial charge in [-0.25, -0.2) is 4.98 Å². The van der Waals surface area contributed by atoms with Gasteiger partial charge < -0.3 is 10.6 Å². The molecule has 2 amide bonds. The minimum Gasteiger partial charge on any atom is -0.345 e. The Bertz CT molecular complexity index is 1270. The summed E-state index contributed by atoms with van der Waals surface area (Å²) in [6.45, 7) is 6.65. The Kier molecular flexibility index (Phi) is 7.46. The van der Waals surface area contributed by atoms with Crippen LogP contribution in [0.2, 0.25) is 0 Å². The molecule has 0 radical (unpaired) electrons. The summed E-state index contributed by atoms with van der Waals surface area (Å²) >= 11 is 1.13. The number of aromatic nitrogens is 1. The fraction of sp³-hybridized carbons (Fsp3) is 0.346. The van der Waals surface area contributed by atoms with Crippen molar-refractivity contribution in [2.45, 2.75) is 52.5 Å². The molecule has 0 bridgehead atoms. The van der Waals surface area contributed by atoms with Crippen molar-refractivity contribution in [1.29, 1.82) is 0 Å². The fourth-order valence-electron chi connectivity index (χ4n) is 4.40. The van der Waals surface area contributed by atoms with Crippen molar-refractivity contribution in [1.82, 2.24) is 15.2 Å². The largest absolute Gasteiger partial charge is 0.416 e. The van der Waals surface area contributed by atoms with Crippen molar-refractivity contribution in [3.8, 4) is 0 Å². The lowest BCUT2D eigenvalue weighted by Crippen LogP contribution is -2.31. The summed E-state index contributed by atoms with van der Waals surface area (Å²) < 4.78 is 39.9. The molecular formula is C26H27F3N4O2S. The molecule has 0 fully saturated rings. The number of hydrogen-bond donors (Lipinski definition) is 2. The van der Waals surface area contributed by atoms with Crippen LogP contribution in [0.1, 0.15) is 63.1 Å². The first-order valence-corrected chi connectivity index (χ1v) is 12.4. The van der Waals surface area contributed by atoms with Crippen molar-refractivity contribution in [3.63, 3.8) is 0 Å². The average molecular weight is 517 g/mol.